The number of rotatable bonds is 5. The Balaban J connectivity index is 2.19. The lowest BCUT2D eigenvalue weighted by Crippen LogP contribution is -2.15. The lowest BCUT2D eigenvalue weighted by Gasteiger charge is -2.16. The fraction of sp³-hybridized carbons (Fsp3) is 0.176. The number of nitrogens with zero attached hydrogens (tertiary/aromatic N) is 2. The zero-order valence-corrected chi connectivity index (χ0v) is 12.9. The molecule has 0 bridgehead atoms. The Bertz CT molecular complexity index is 667. The Morgan fingerprint density at radius 1 is 1.18 bits per heavy atom. The first-order valence-corrected chi connectivity index (χ1v) is 6.85. The number of carbonyl (C=O) groups excluding carboxylic acids is 1. The summed E-state index contributed by atoms with van der Waals surface area (Å²) in [5, 5.41) is 4.17. The molecule has 1 N–H and O–H groups in total. The van der Waals surface area contributed by atoms with Gasteiger partial charge in [0.15, 0.2) is 0 Å². The van der Waals surface area contributed by atoms with Gasteiger partial charge in [-0.1, -0.05) is 24.3 Å². The molecule has 114 valence electrons. The summed E-state index contributed by atoms with van der Waals surface area (Å²) in [6.45, 7) is 0. The predicted molar refractivity (Wildman–Crippen MR) is 89.8 cm³/mol. The molecule has 0 atom stereocenters. The van der Waals surface area contributed by atoms with E-state index in [0.717, 1.165) is 16.9 Å². The van der Waals surface area contributed by atoms with Crippen molar-refractivity contribution in [1.82, 2.24) is 0 Å². The molecule has 2 aromatic carbocycles. The maximum absolute atomic E-state index is 11.9. The molecule has 2 rings (SSSR count). The maximum atomic E-state index is 11.9. The summed E-state index contributed by atoms with van der Waals surface area (Å²) in [6, 6.07) is 15.2. The third kappa shape index (κ3) is 3.85. The zero-order valence-electron chi connectivity index (χ0n) is 12.9. The zero-order chi connectivity index (χ0) is 15.9. The van der Waals surface area contributed by atoms with Gasteiger partial charge >= 0.3 is 5.97 Å². The molecule has 0 aliphatic carbocycles. The van der Waals surface area contributed by atoms with Crippen molar-refractivity contribution in [2.45, 2.75) is 0 Å². The largest absolute Gasteiger partial charge is 0.465 e. The third-order valence-corrected chi connectivity index (χ3v) is 3.09. The first-order chi connectivity index (χ1) is 10.6. The van der Waals surface area contributed by atoms with Crippen molar-refractivity contribution in [3.8, 4) is 0 Å². The van der Waals surface area contributed by atoms with Crippen LogP contribution in [0.1, 0.15) is 15.9 Å². The van der Waals surface area contributed by atoms with Crippen molar-refractivity contribution in [2.75, 3.05) is 31.5 Å². The lowest BCUT2D eigenvalue weighted by atomic mass is 10.1. The molecule has 0 saturated heterocycles. The van der Waals surface area contributed by atoms with Crippen LogP contribution in [0.25, 0.3) is 0 Å². The van der Waals surface area contributed by atoms with E-state index >= 15 is 0 Å². The Morgan fingerprint density at radius 2 is 1.91 bits per heavy atom. The van der Waals surface area contributed by atoms with Gasteiger partial charge in [-0.25, -0.2) is 4.79 Å². The first-order valence-electron chi connectivity index (χ1n) is 6.85. The molecule has 0 spiro atoms. The topological polar surface area (TPSA) is 53.9 Å². The molecule has 0 aliphatic heterocycles. The van der Waals surface area contributed by atoms with Crippen molar-refractivity contribution < 1.29 is 9.53 Å². The van der Waals surface area contributed by atoms with Crippen LogP contribution in [0.4, 0.5) is 11.4 Å². The molecule has 5 heteroatoms. The molecule has 0 radical (unpaired) electrons. The van der Waals surface area contributed by atoms with Gasteiger partial charge in [0.25, 0.3) is 0 Å². The fourth-order valence-corrected chi connectivity index (χ4v) is 1.99. The van der Waals surface area contributed by atoms with E-state index in [4.69, 9.17) is 4.74 Å². The Morgan fingerprint density at radius 3 is 2.55 bits per heavy atom. The van der Waals surface area contributed by atoms with Gasteiger partial charge in [0.2, 0.25) is 0 Å². The third-order valence-electron chi connectivity index (χ3n) is 3.09. The Hall–Kier alpha value is -2.82. The molecule has 0 heterocycles. The van der Waals surface area contributed by atoms with E-state index in [1.165, 1.54) is 7.11 Å². The minimum absolute atomic E-state index is 0.366. The summed E-state index contributed by atoms with van der Waals surface area (Å²) in [5.74, 6) is -0.366. The molecular weight excluding hydrogens is 278 g/mol. The van der Waals surface area contributed by atoms with Crippen LogP contribution in [0.5, 0.6) is 0 Å². The van der Waals surface area contributed by atoms with E-state index in [1.807, 2.05) is 61.5 Å². The van der Waals surface area contributed by atoms with Gasteiger partial charge in [0.05, 0.1) is 30.3 Å². The number of ether oxygens (including phenoxy) is 1. The summed E-state index contributed by atoms with van der Waals surface area (Å²) in [5.41, 5.74) is 5.97. The molecule has 5 nitrogen and oxygen atoms in total. The average molecular weight is 297 g/mol. The second kappa shape index (κ2) is 7.26. The number of hydrogen-bond donors (Lipinski definition) is 1. The van der Waals surface area contributed by atoms with E-state index < -0.39 is 0 Å². The first kappa shape index (κ1) is 15.6. The number of esters is 1. The molecule has 0 amide bonds. The van der Waals surface area contributed by atoms with E-state index in [0.29, 0.717) is 5.56 Å². The summed E-state index contributed by atoms with van der Waals surface area (Å²) < 4.78 is 4.83. The van der Waals surface area contributed by atoms with Crippen molar-refractivity contribution in [3.63, 3.8) is 0 Å². The highest BCUT2D eigenvalue weighted by Gasteiger charge is 2.13. The second-order valence-corrected chi connectivity index (χ2v) is 4.90. The van der Waals surface area contributed by atoms with Gasteiger partial charge in [-0.2, -0.15) is 5.10 Å². The van der Waals surface area contributed by atoms with Gasteiger partial charge in [-0.3, -0.25) is 5.43 Å². The minimum Gasteiger partial charge on any atom is -0.465 e. The smallest absolute Gasteiger partial charge is 0.339 e. The normalized spacial score (nSPS) is 10.5. The standard InChI is InChI=1S/C17H19N3O2/c1-20(2)16-10-9-13(11-15(16)17(21)22-3)12-18-19-14-7-5-4-6-8-14/h4-12,19H,1-3H3. The number of anilines is 2. The average Bonchev–Trinajstić information content (AvgIpc) is 2.54. The Kier molecular flexibility index (Phi) is 5.14. The van der Waals surface area contributed by atoms with Crippen LogP contribution >= 0.6 is 0 Å². The SMILES string of the molecule is COC(=O)c1cc(C=NNc2ccccc2)ccc1N(C)C. The second-order valence-electron chi connectivity index (χ2n) is 4.90. The molecular formula is C17H19N3O2. The number of para-hydroxylation sites is 1. The highest BCUT2D eigenvalue weighted by atomic mass is 16.5. The summed E-state index contributed by atoms with van der Waals surface area (Å²) >= 11 is 0. The van der Waals surface area contributed by atoms with Gasteiger partial charge < -0.3 is 9.64 Å². The van der Waals surface area contributed by atoms with Crippen molar-refractivity contribution >= 4 is 23.6 Å². The summed E-state index contributed by atoms with van der Waals surface area (Å²) in [7, 11) is 5.14. The summed E-state index contributed by atoms with van der Waals surface area (Å²) in [6.07, 6.45) is 1.67. The van der Waals surface area contributed by atoms with Crippen LogP contribution in [-0.2, 0) is 4.74 Å². The minimum atomic E-state index is -0.366. The van der Waals surface area contributed by atoms with Gasteiger partial charge in [-0.15, -0.1) is 0 Å². The van der Waals surface area contributed by atoms with Crippen LogP contribution in [0.15, 0.2) is 53.6 Å². The predicted octanol–water partition coefficient (Wildman–Crippen LogP) is 2.99. The van der Waals surface area contributed by atoms with Gasteiger partial charge in [-0.05, 0) is 29.8 Å². The number of hydrazone groups is 1. The van der Waals surface area contributed by atoms with Crippen LogP contribution in [0, 0.1) is 0 Å². The quantitative estimate of drug-likeness (QED) is 0.524. The molecule has 0 unspecified atom stereocenters. The van der Waals surface area contributed by atoms with Crippen molar-refractivity contribution in [1.29, 1.82) is 0 Å². The monoisotopic (exact) mass is 297 g/mol. The van der Waals surface area contributed by atoms with Crippen LogP contribution in [-0.4, -0.2) is 33.4 Å². The maximum Gasteiger partial charge on any atom is 0.339 e. The van der Waals surface area contributed by atoms with Gasteiger partial charge in [0.1, 0.15) is 0 Å². The van der Waals surface area contributed by atoms with Gasteiger partial charge in [0, 0.05) is 14.1 Å². The number of carbonyl (C=O) groups is 1. The number of benzene rings is 2. The fourth-order valence-electron chi connectivity index (χ4n) is 1.99. The van der Waals surface area contributed by atoms with Crippen molar-refractivity contribution in [2.24, 2.45) is 5.10 Å². The van der Waals surface area contributed by atoms with Crippen LogP contribution in [0.2, 0.25) is 0 Å². The van der Waals surface area contributed by atoms with Crippen LogP contribution in [0.3, 0.4) is 0 Å². The molecule has 0 saturated carbocycles. The number of methoxy groups -OCH3 is 1. The van der Waals surface area contributed by atoms with Crippen LogP contribution < -0.4 is 10.3 Å². The molecule has 0 aliphatic rings. The number of nitrogens with one attached hydrogen (secondary N) is 1. The molecule has 0 fully saturated rings. The van der Waals surface area contributed by atoms with E-state index in [2.05, 4.69) is 10.5 Å². The lowest BCUT2D eigenvalue weighted by molar-refractivity contribution is 0.0601. The highest BCUT2D eigenvalue weighted by Crippen LogP contribution is 2.20. The van der Waals surface area contributed by atoms with E-state index in [1.54, 1.807) is 12.3 Å². The summed E-state index contributed by atoms with van der Waals surface area (Å²) in [4.78, 5) is 13.7. The highest BCUT2D eigenvalue weighted by molar-refractivity contribution is 5.98. The molecule has 22 heavy (non-hydrogen) atoms. The molecule has 0 aromatic heterocycles. The van der Waals surface area contributed by atoms with E-state index in [-0.39, 0.29) is 5.97 Å². The Labute approximate surface area is 130 Å². The van der Waals surface area contributed by atoms with Crippen molar-refractivity contribution in [3.05, 3.63) is 59.7 Å². The molecule has 2 aromatic rings. The number of hydrogen-bond acceptors (Lipinski definition) is 5. The van der Waals surface area contributed by atoms with E-state index in [9.17, 15) is 4.79 Å².